The van der Waals surface area contributed by atoms with Crippen LogP contribution >= 0.6 is 0 Å². The molecule has 1 aromatic carbocycles. The minimum absolute atomic E-state index is 0.0576. The van der Waals surface area contributed by atoms with Crippen molar-refractivity contribution in [2.75, 3.05) is 18.8 Å². The summed E-state index contributed by atoms with van der Waals surface area (Å²) in [7, 11) is -3.33. The summed E-state index contributed by atoms with van der Waals surface area (Å²) in [6.07, 6.45) is -0.508. The van der Waals surface area contributed by atoms with Crippen LogP contribution in [0.1, 0.15) is 31.6 Å². The fourth-order valence-electron chi connectivity index (χ4n) is 2.28. The van der Waals surface area contributed by atoms with Gasteiger partial charge in [0.2, 0.25) is 0 Å². The molecule has 0 aliphatic carbocycles. The monoisotopic (exact) mass is 327 g/mol. The molecular weight excluding hydrogens is 306 g/mol. The molecule has 0 aromatic heterocycles. The van der Waals surface area contributed by atoms with Gasteiger partial charge in [0.25, 0.3) is 0 Å². The van der Waals surface area contributed by atoms with Gasteiger partial charge in [0.05, 0.1) is 5.75 Å². The minimum atomic E-state index is -3.33. The van der Waals surface area contributed by atoms with E-state index in [0.29, 0.717) is 5.56 Å². The normalized spacial score (nSPS) is 21.4. The van der Waals surface area contributed by atoms with Gasteiger partial charge in [-0.3, -0.25) is 0 Å². The second kappa shape index (κ2) is 5.79. The fraction of sp³-hybridized carbons (Fsp3) is 0.533. The predicted octanol–water partition coefficient (Wildman–Crippen LogP) is 2.10. The number of carbonyl (C=O) groups excluding carboxylic acids is 1. The number of sulfone groups is 1. The van der Waals surface area contributed by atoms with Crippen molar-refractivity contribution in [2.24, 2.45) is 0 Å². The maximum absolute atomic E-state index is 12.3. The third kappa shape index (κ3) is 3.91. The number of nitrogens with zero attached hydrogens (tertiary/aromatic N) is 1. The van der Waals surface area contributed by atoms with Gasteiger partial charge in [-0.2, -0.15) is 0 Å². The van der Waals surface area contributed by atoms with E-state index in [1.807, 2.05) is 0 Å². The number of hydrogen-bond acceptors (Lipinski definition) is 5. The summed E-state index contributed by atoms with van der Waals surface area (Å²) in [5.74, 6) is -0.0291. The van der Waals surface area contributed by atoms with E-state index >= 15 is 0 Å². The van der Waals surface area contributed by atoms with Crippen LogP contribution in [0.15, 0.2) is 24.3 Å². The van der Waals surface area contributed by atoms with Gasteiger partial charge in [-0.25, -0.2) is 13.2 Å². The second-order valence-electron chi connectivity index (χ2n) is 6.37. The number of phenols is 1. The first-order valence-corrected chi connectivity index (χ1v) is 8.78. The van der Waals surface area contributed by atoms with Crippen LogP contribution in [0.2, 0.25) is 0 Å². The van der Waals surface area contributed by atoms with E-state index in [-0.39, 0.29) is 24.6 Å². The first-order valence-electron chi connectivity index (χ1n) is 7.07. The van der Waals surface area contributed by atoms with E-state index in [1.54, 1.807) is 32.9 Å². The van der Waals surface area contributed by atoms with Crippen molar-refractivity contribution >= 4 is 15.9 Å². The highest BCUT2D eigenvalue weighted by atomic mass is 32.2. The third-order valence-corrected chi connectivity index (χ3v) is 5.42. The van der Waals surface area contributed by atoms with Crippen molar-refractivity contribution in [3.8, 4) is 5.75 Å². The maximum atomic E-state index is 12.3. The molecule has 0 radical (unpaired) electrons. The molecule has 1 atom stereocenters. The lowest BCUT2D eigenvalue weighted by Crippen LogP contribution is -2.47. The highest BCUT2D eigenvalue weighted by molar-refractivity contribution is 7.91. The zero-order valence-electron chi connectivity index (χ0n) is 12.9. The smallest absolute Gasteiger partial charge is 0.410 e. The third-order valence-electron chi connectivity index (χ3n) is 3.38. The Labute approximate surface area is 130 Å². The fourth-order valence-corrected chi connectivity index (χ4v) is 4.02. The summed E-state index contributed by atoms with van der Waals surface area (Å²) in [6, 6.07) is 6.01. The van der Waals surface area contributed by atoms with Crippen LogP contribution in [0, 0.1) is 0 Å². The Morgan fingerprint density at radius 3 is 2.41 bits per heavy atom. The molecule has 1 aliphatic rings. The Morgan fingerprint density at radius 1 is 1.27 bits per heavy atom. The van der Waals surface area contributed by atoms with Gasteiger partial charge in [-0.1, -0.05) is 12.1 Å². The van der Waals surface area contributed by atoms with E-state index in [2.05, 4.69) is 0 Å². The number of benzene rings is 1. The summed E-state index contributed by atoms with van der Waals surface area (Å²) < 4.78 is 29.9. The van der Waals surface area contributed by atoms with Crippen molar-refractivity contribution in [2.45, 2.75) is 31.6 Å². The van der Waals surface area contributed by atoms with E-state index in [0.717, 1.165) is 0 Å². The van der Waals surface area contributed by atoms with Crippen LogP contribution < -0.4 is 0 Å². The Kier molecular flexibility index (Phi) is 4.37. The average molecular weight is 327 g/mol. The molecule has 0 saturated carbocycles. The summed E-state index contributed by atoms with van der Waals surface area (Å²) in [4.78, 5) is 13.5. The number of carbonyl (C=O) groups is 1. The molecule has 1 aliphatic heterocycles. The Hall–Kier alpha value is -1.76. The largest absolute Gasteiger partial charge is 0.508 e. The van der Waals surface area contributed by atoms with Crippen molar-refractivity contribution in [3.63, 3.8) is 0 Å². The predicted molar refractivity (Wildman–Crippen MR) is 82.4 cm³/mol. The van der Waals surface area contributed by atoms with Crippen LogP contribution in [0.3, 0.4) is 0 Å². The molecule has 1 N–H and O–H groups in total. The molecule has 1 saturated heterocycles. The van der Waals surface area contributed by atoms with Crippen molar-refractivity contribution < 1.29 is 23.1 Å². The van der Waals surface area contributed by atoms with E-state index in [4.69, 9.17) is 4.74 Å². The molecule has 0 spiro atoms. The lowest BCUT2D eigenvalue weighted by molar-refractivity contribution is 0.0253. The molecule has 7 heteroatoms. The molecule has 1 aromatic rings. The lowest BCUT2D eigenvalue weighted by Gasteiger charge is -2.34. The van der Waals surface area contributed by atoms with Crippen LogP contribution in [-0.2, 0) is 14.6 Å². The van der Waals surface area contributed by atoms with Crippen LogP contribution in [0.5, 0.6) is 5.75 Å². The molecule has 1 amide bonds. The summed E-state index contributed by atoms with van der Waals surface area (Å²) in [5, 5.41) is 8.52. The van der Waals surface area contributed by atoms with Gasteiger partial charge in [0, 0.05) is 13.1 Å². The number of rotatable bonds is 1. The van der Waals surface area contributed by atoms with Gasteiger partial charge in [-0.05, 0) is 38.5 Å². The standard InChI is InChI=1S/C15H21NO5S/c1-15(2,3)21-14(18)16-8-9-22(19,20)13(10-16)11-4-6-12(17)7-5-11/h4-7,13,17H,8-10H2,1-3H3. The molecule has 1 heterocycles. The molecule has 6 nitrogen and oxygen atoms in total. The van der Waals surface area contributed by atoms with Gasteiger partial charge >= 0.3 is 6.09 Å². The average Bonchev–Trinajstić information content (AvgIpc) is 2.37. The number of ether oxygens (including phenoxy) is 1. The number of aromatic hydroxyl groups is 1. The highest BCUT2D eigenvalue weighted by Gasteiger charge is 2.37. The molecule has 22 heavy (non-hydrogen) atoms. The maximum Gasteiger partial charge on any atom is 0.410 e. The molecule has 1 fully saturated rings. The Bertz CT molecular complexity index is 646. The van der Waals surface area contributed by atoms with Crippen molar-refractivity contribution in [3.05, 3.63) is 29.8 Å². The number of phenolic OH excluding ortho intramolecular Hbond substituents is 1. The summed E-state index contributed by atoms with van der Waals surface area (Å²) in [5.41, 5.74) is -0.0624. The minimum Gasteiger partial charge on any atom is -0.508 e. The number of hydrogen-bond donors (Lipinski definition) is 1. The zero-order valence-corrected chi connectivity index (χ0v) is 13.8. The topological polar surface area (TPSA) is 83.9 Å². The lowest BCUT2D eigenvalue weighted by atomic mass is 10.1. The Balaban J connectivity index is 2.21. The van der Waals surface area contributed by atoms with Crippen LogP contribution in [0.4, 0.5) is 4.79 Å². The quantitative estimate of drug-likeness (QED) is 0.854. The van der Waals surface area contributed by atoms with E-state index in [9.17, 15) is 18.3 Å². The molecule has 0 bridgehead atoms. The number of amides is 1. The molecule has 122 valence electrons. The first kappa shape index (κ1) is 16.6. The highest BCUT2D eigenvalue weighted by Crippen LogP contribution is 2.29. The first-order chi connectivity index (χ1) is 10.1. The molecule has 2 rings (SSSR count). The molecule has 1 unspecified atom stereocenters. The van der Waals surface area contributed by atoms with Gasteiger partial charge in [-0.15, -0.1) is 0 Å². The van der Waals surface area contributed by atoms with Gasteiger partial charge in [0.15, 0.2) is 9.84 Å². The van der Waals surface area contributed by atoms with Crippen molar-refractivity contribution in [1.82, 2.24) is 4.90 Å². The van der Waals surface area contributed by atoms with Crippen molar-refractivity contribution in [1.29, 1.82) is 0 Å². The van der Waals surface area contributed by atoms with E-state index < -0.39 is 26.8 Å². The SMILES string of the molecule is CC(C)(C)OC(=O)N1CCS(=O)(=O)C(c2ccc(O)cc2)C1. The summed E-state index contributed by atoms with van der Waals surface area (Å²) >= 11 is 0. The van der Waals surface area contributed by atoms with E-state index in [1.165, 1.54) is 17.0 Å². The van der Waals surface area contributed by atoms with Crippen LogP contribution in [-0.4, -0.2) is 49.0 Å². The second-order valence-corrected chi connectivity index (χ2v) is 8.68. The zero-order chi connectivity index (χ0) is 16.5. The summed E-state index contributed by atoms with van der Waals surface area (Å²) in [6.45, 7) is 5.49. The molecular formula is C15H21NO5S. The van der Waals surface area contributed by atoms with Crippen LogP contribution in [0.25, 0.3) is 0 Å². The van der Waals surface area contributed by atoms with Gasteiger partial charge < -0.3 is 14.7 Å². The Morgan fingerprint density at radius 2 is 1.86 bits per heavy atom. The van der Waals surface area contributed by atoms with Gasteiger partial charge in [0.1, 0.15) is 16.6 Å².